The molecule has 0 aliphatic carbocycles. The molecular formula is C16H27BrO4. The average Bonchev–Trinajstić information content (AvgIpc) is 2.46. The average molecular weight is 363 g/mol. The molecule has 0 spiro atoms. The minimum atomic E-state index is -0.519. The highest BCUT2D eigenvalue weighted by molar-refractivity contribution is 9.12. The third-order valence-corrected chi connectivity index (χ3v) is 3.47. The van der Waals surface area contributed by atoms with Crippen LogP contribution in [0.1, 0.15) is 65.2 Å². The maximum atomic E-state index is 11.6. The van der Waals surface area contributed by atoms with Crippen molar-refractivity contribution in [1.82, 2.24) is 0 Å². The molecule has 0 heterocycles. The van der Waals surface area contributed by atoms with E-state index in [0.717, 1.165) is 57.4 Å². The van der Waals surface area contributed by atoms with Crippen LogP contribution in [0, 0.1) is 0 Å². The second-order valence-corrected chi connectivity index (χ2v) is 5.77. The molecule has 21 heavy (non-hydrogen) atoms. The first-order valence-corrected chi connectivity index (χ1v) is 8.62. The Bertz CT molecular complexity index is 326. The van der Waals surface area contributed by atoms with Crippen LogP contribution in [0.4, 0.5) is 0 Å². The molecular weight excluding hydrogens is 336 g/mol. The van der Waals surface area contributed by atoms with Crippen molar-refractivity contribution in [1.29, 1.82) is 0 Å². The molecule has 5 heteroatoms. The van der Waals surface area contributed by atoms with Gasteiger partial charge in [-0.2, -0.15) is 0 Å². The Morgan fingerprint density at radius 3 is 1.90 bits per heavy atom. The minimum absolute atomic E-state index is 0.108. The second kappa shape index (κ2) is 14.1. The van der Waals surface area contributed by atoms with Gasteiger partial charge in [-0.3, -0.25) is 0 Å². The topological polar surface area (TPSA) is 52.6 Å². The highest BCUT2D eigenvalue weighted by atomic mass is 79.9. The van der Waals surface area contributed by atoms with Gasteiger partial charge in [0, 0.05) is 6.08 Å². The molecule has 0 N–H and O–H groups in total. The van der Waals surface area contributed by atoms with Crippen molar-refractivity contribution in [3.63, 3.8) is 0 Å². The summed E-state index contributed by atoms with van der Waals surface area (Å²) < 4.78 is 10.2. The standard InChI is InChI=1S/C16H27BrO4/c1-3-5-7-9-11-20-15(18)13-14(17)16(19)21-12-10-8-6-4-2/h13H,3-12H2,1-2H3. The molecule has 0 saturated carbocycles. The van der Waals surface area contributed by atoms with E-state index in [4.69, 9.17) is 9.47 Å². The van der Waals surface area contributed by atoms with Gasteiger partial charge < -0.3 is 9.47 Å². The molecule has 0 aromatic heterocycles. The number of unbranched alkanes of at least 4 members (excludes halogenated alkanes) is 6. The molecule has 4 nitrogen and oxygen atoms in total. The van der Waals surface area contributed by atoms with E-state index < -0.39 is 11.9 Å². The third kappa shape index (κ3) is 12.6. The van der Waals surface area contributed by atoms with E-state index in [9.17, 15) is 9.59 Å². The van der Waals surface area contributed by atoms with E-state index in [2.05, 4.69) is 29.8 Å². The molecule has 0 aromatic carbocycles. The number of carbonyl (C=O) groups is 2. The predicted molar refractivity (Wildman–Crippen MR) is 87.2 cm³/mol. The van der Waals surface area contributed by atoms with Crippen LogP contribution >= 0.6 is 15.9 Å². The van der Waals surface area contributed by atoms with E-state index in [1.54, 1.807) is 0 Å². The van der Waals surface area contributed by atoms with Gasteiger partial charge in [0.15, 0.2) is 0 Å². The molecule has 0 radical (unpaired) electrons. The smallest absolute Gasteiger partial charge is 0.345 e. The van der Waals surface area contributed by atoms with Crippen LogP contribution < -0.4 is 0 Å². The highest BCUT2D eigenvalue weighted by Gasteiger charge is 2.10. The lowest BCUT2D eigenvalue weighted by molar-refractivity contribution is -0.140. The number of ether oxygens (including phenoxy) is 2. The van der Waals surface area contributed by atoms with Crippen molar-refractivity contribution in [3.05, 3.63) is 10.6 Å². The summed E-state index contributed by atoms with van der Waals surface area (Å²) >= 11 is 3.05. The van der Waals surface area contributed by atoms with Gasteiger partial charge >= 0.3 is 11.9 Å². The summed E-state index contributed by atoms with van der Waals surface area (Å²) in [6.45, 7) is 5.02. The molecule has 0 fully saturated rings. The zero-order chi connectivity index (χ0) is 15.9. The summed E-state index contributed by atoms with van der Waals surface area (Å²) in [5.74, 6) is -1.03. The Morgan fingerprint density at radius 1 is 0.857 bits per heavy atom. The minimum Gasteiger partial charge on any atom is -0.462 e. The maximum Gasteiger partial charge on any atom is 0.345 e. The fraction of sp³-hybridized carbons (Fsp3) is 0.750. The highest BCUT2D eigenvalue weighted by Crippen LogP contribution is 2.09. The summed E-state index contributed by atoms with van der Waals surface area (Å²) in [5, 5.41) is 0. The van der Waals surface area contributed by atoms with Gasteiger partial charge in [-0.25, -0.2) is 9.59 Å². The number of esters is 2. The number of rotatable bonds is 12. The molecule has 0 amide bonds. The van der Waals surface area contributed by atoms with Gasteiger partial charge in [-0.15, -0.1) is 0 Å². The number of hydrogen-bond donors (Lipinski definition) is 0. The second-order valence-electron chi connectivity index (χ2n) is 4.92. The Kier molecular flexibility index (Phi) is 13.5. The maximum absolute atomic E-state index is 11.6. The first kappa shape index (κ1) is 20.2. The Morgan fingerprint density at radius 2 is 1.38 bits per heavy atom. The molecule has 122 valence electrons. The first-order chi connectivity index (χ1) is 10.1. The number of carbonyl (C=O) groups excluding carboxylic acids is 2. The van der Waals surface area contributed by atoms with E-state index >= 15 is 0 Å². The monoisotopic (exact) mass is 362 g/mol. The Balaban J connectivity index is 3.81. The first-order valence-electron chi connectivity index (χ1n) is 7.82. The molecule has 0 aromatic rings. The molecule has 0 bridgehead atoms. The summed E-state index contributed by atoms with van der Waals surface area (Å²) in [7, 11) is 0. The van der Waals surface area contributed by atoms with Crippen LogP contribution in [-0.2, 0) is 19.1 Å². The number of halogens is 1. The van der Waals surface area contributed by atoms with Crippen molar-refractivity contribution in [3.8, 4) is 0 Å². The van der Waals surface area contributed by atoms with Crippen LogP contribution in [0.25, 0.3) is 0 Å². The Labute approximate surface area is 136 Å². The summed E-state index contributed by atoms with van der Waals surface area (Å²) in [4.78, 5) is 23.1. The van der Waals surface area contributed by atoms with Crippen LogP contribution in [0.15, 0.2) is 10.6 Å². The molecule has 0 saturated heterocycles. The SMILES string of the molecule is CCCCCCOC(=O)C=C(Br)C(=O)OCCCCCC. The van der Waals surface area contributed by atoms with Crippen molar-refractivity contribution in [2.75, 3.05) is 13.2 Å². The fourth-order valence-electron chi connectivity index (χ4n) is 1.67. The van der Waals surface area contributed by atoms with Crippen LogP contribution in [-0.4, -0.2) is 25.2 Å². The molecule has 0 aliphatic rings. The van der Waals surface area contributed by atoms with Crippen molar-refractivity contribution in [2.24, 2.45) is 0 Å². The van der Waals surface area contributed by atoms with Crippen LogP contribution in [0.3, 0.4) is 0 Å². The van der Waals surface area contributed by atoms with E-state index in [1.165, 1.54) is 0 Å². The van der Waals surface area contributed by atoms with Gasteiger partial charge in [0.1, 0.15) is 4.48 Å². The molecule has 0 aliphatic heterocycles. The number of hydrogen-bond acceptors (Lipinski definition) is 4. The van der Waals surface area contributed by atoms with Gasteiger partial charge in [0.2, 0.25) is 0 Å². The largest absolute Gasteiger partial charge is 0.462 e. The quantitative estimate of drug-likeness (QED) is 0.291. The lowest BCUT2D eigenvalue weighted by atomic mass is 10.2. The normalized spacial score (nSPS) is 11.3. The van der Waals surface area contributed by atoms with Crippen LogP contribution in [0.5, 0.6) is 0 Å². The van der Waals surface area contributed by atoms with E-state index in [1.807, 2.05) is 0 Å². The lowest BCUT2D eigenvalue weighted by Crippen LogP contribution is -2.09. The van der Waals surface area contributed by atoms with Gasteiger partial charge in [-0.1, -0.05) is 52.4 Å². The Hall–Kier alpha value is -0.840. The molecule has 0 atom stereocenters. The summed E-state index contributed by atoms with van der Waals surface area (Å²) in [5.41, 5.74) is 0. The van der Waals surface area contributed by atoms with Crippen molar-refractivity contribution < 1.29 is 19.1 Å². The zero-order valence-electron chi connectivity index (χ0n) is 13.2. The van der Waals surface area contributed by atoms with Gasteiger partial charge in [0.05, 0.1) is 13.2 Å². The van der Waals surface area contributed by atoms with Crippen molar-refractivity contribution in [2.45, 2.75) is 65.2 Å². The summed E-state index contributed by atoms with van der Waals surface area (Å²) in [6, 6.07) is 0. The van der Waals surface area contributed by atoms with Gasteiger partial charge in [0.25, 0.3) is 0 Å². The summed E-state index contributed by atoms with van der Waals surface area (Å²) in [6.07, 6.45) is 9.49. The zero-order valence-corrected chi connectivity index (χ0v) is 14.7. The van der Waals surface area contributed by atoms with E-state index in [0.29, 0.717) is 13.2 Å². The third-order valence-electron chi connectivity index (χ3n) is 2.91. The van der Waals surface area contributed by atoms with Crippen molar-refractivity contribution >= 4 is 27.9 Å². The fourth-order valence-corrected chi connectivity index (χ4v) is 1.97. The van der Waals surface area contributed by atoms with Crippen LogP contribution in [0.2, 0.25) is 0 Å². The molecule has 0 rings (SSSR count). The van der Waals surface area contributed by atoms with Gasteiger partial charge in [-0.05, 0) is 28.8 Å². The van der Waals surface area contributed by atoms with E-state index in [-0.39, 0.29) is 4.48 Å². The predicted octanol–water partition coefficient (Wildman–Crippen LogP) is 4.51. The molecule has 0 unspecified atom stereocenters. The lowest BCUT2D eigenvalue weighted by Gasteiger charge is -2.04.